The Hall–Kier alpha value is -8.34. The van der Waals surface area contributed by atoms with Crippen molar-refractivity contribution in [3.05, 3.63) is 206 Å². The van der Waals surface area contributed by atoms with Gasteiger partial charge in [0.05, 0.1) is 41.1 Å². The van der Waals surface area contributed by atoms with E-state index in [0.29, 0.717) is 41.2 Å². The molecule has 0 amide bonds. The van der Waals surface area contributed by atoms with Crippen LogP contribution in [-0.2, 0) is 18.6 Å². The van der Waals surface area contributed by atoms with Crippen molar-refractivity contribution in [3.63, 3.8) is 0 Å². The van der Waals surface area contributed by atoms with Gasteiger partial charge in [-0.1, -0.05) is 158 Å². The number of hydrogen-bond acceptors (Lipinski definition) is 14. The van der Waals surface area contributed by atoms with Gasteiger partial charge in [-0.05, 0) is 153 Å². The van der Waals surface area contributed by atoms with Crippen LogP contribution in [0.15, 0.2) is 189 Å². The maximum Gasteiger partial charge on any atom is 0.182 e. The Labute approximate surface area is 574 Å². The minimum Gasteiger partial charge on any atom is -0.389 e. The fourth-order valence-corrected chi connectivity index (χ4v) is 12.6. The maximum absolute atomic E-state index is 5.87. The first-order valence-corrected chi connectivity index (χ1v) is 34.5. The van der Waals surface area contributed by atoms with Gasteiger partial charge in [0, 0.05) is 126 Å². The van der Waals surface area contributed by atoms with E-state index in [-0.39, 0.29) is 27.9 Å². The normalized spacial score (nSPS) is 15.1. The van der Waals surface area contributed by atoms with Crippen LogP contribution in [0.3, 0.4) is 0 Å². The van der Waals surface area contributed by atoms with Gasteiger partial charge in [0.1, 0.15) is 22.2 Å². The van der Waals surface area contributed by atoms with Crippen LogP contribution < -0.4 is 42.1 Å². The molecular formula is C79H109N15S. The van der Waals surface area contributed by atoms with Gasteiger partial charge in [-0.25, -0.2) is 19.6 Å². The lowest BCUT2D eigenvalue weighted by Gasteiger charge is -2.34. The van der Waals surface area contributed by atoms with Gasteiger partial charge < -0.3 is 47.0 Å². The van der Waals surface area contributed by atoms with Crippen molar-refractivity contribution in [2.24, 2.45) is 21.7 Å². The van der Waals surface area contributed by atoms with E-state index in [1.54, 1.807) is 6.20 Å². The Bertz CT molecular complexity index is 3700. The SMILES string of the molecule is C=C(CCN1C(=C)CC(CCCNC(=C)CCC(NC(=S)c2ccc(NCc3cnc4c(n3)C(=C)NC(C)=N4)cc2)C(=C)C)C1=C)NC/C=C/C(C)(C)CCC(C)(C)CCC(=C)NCCC(=C)N1Cc2ccccc2-c2nnn(C(C)(C)CNC(C)(C)C)c2-c2ccccc21. The van der Waals surface area contributed by atoms with Crippen molar-refractivity contribution in [2.75, 3.05) is 42.9 Å². The number of hydrogen-bond donors (Lipinski definition) is 7. The Kier molecular flexibility index (Phi) is 24.4. The second kappa shape index (κ2) is 31.9. The Morgan fingerprint density at radius 3 is 2.22 bits per heavy atom. The summed E-state index contributed by atoms with van der Waals surface area (Å²) >= 11 is 5.87. The van der Waals surface area contributed by atoms with Crippen molar-refractivity contribution in [3.8, 4) is 22.5 Å². The predicted octanol–water partition coefficient (Wildman–Crippen LogP) is 16.7. The molecular weight excluding hydrogens is 1190 g/mol. The van der Waals surface area contributed by atoms with E-state index in [1.807, 2.05) is 38.1 Å². The monoisotopic (exact) mass is 1300 g/mol. The highest BCUT2D eigenvalue weighted by molar-refractivity contribution is 7.80. The molecule has 0 bridgehead atoms. The molecule has 3 aliphatic rings. The summed E-state index contributed by atoms with van der Waals surface area (Å²) in [6.07, 6.45) is 16.8. The quantitative estimate of drug-likeness (QED) is 0.0117. The summed E-state index contributed by atoms with van der Waals surface area (Å²) in [4.78, 5) is 19.0. The number of aromatic nitrogens is 5. The van der Waals surface area contributed by atoms with Crippen LogP contribution in [-0.4, -0.2) is 85.0 Å². The second-order valence-corrected chi connectivity index (χ2v) is 29.9. The fraction of sp³-hybridized carbons (Fsp3) is 0.443. The smallest absolute Gasteiger partial charge is 0.182 e. The molecule has 8 rings (SSSR count). The molecule has 95 heavy (non-hydrogen) atoms. The van der Waals surface area contributed by atoms with Crippen molar-refractivity contribution in [1.29, 1.82) is 0 Å². The molecule has 15 nitrogen and oxygen atoms in total. The van der Waals surface area contributed by atoms with Crippen LogP contribution in [0.5, 0.6) is 0 Å². The van der Waals surface area contributed by atoms with Gasteiger partial charge in [0.2, 0.25) is 0 Å². The average molecular weight is 1300 g/mol. The zero-order valence-corrected chi connectivity index (χ0v) is 60.0. The fourth-order valence-electron chi connectivity index (χ4n) is 12.3. The van der Waals surface area contributed by atoms with E-state index in [1.165, 1.54) is 5.56 Å². The first kappa shape index (κ1) is 72.5. The van der Waals surface area contributed by atoms with E-state index >= 15 is 0 Å². The zero-order valence-electron chi connectivity index (χ0n) is 59.2. The number of amidine groups is 1. The molecule has 0 saturated carbocycles. The first-order valence-electron chi connectivity index (χ1n) is 34.0. The maximum atomic E-state index is 5.87. The van der Waals surface area contributed by atoms with Crippen LogP contribution in [0, 0.1) is 16.7 Å². The van der Waals surface area contributed by atoms with Crippen molar-refractivity contribution < 1.29 is 0 Å². The molecule has 0 aliphatic carbocycles. The van der Waals surface area contributed by atoms with E-state index < -0.39 is 0 Å². The summed E-state index contributed by atoms with van der Waals surface area (Å²) in [5.74, 6) is 1.72. The topological polar surface area (TPSA) is 160 Å². The van der Waals surface area contributed by atoms with E-state index in [0.717, 1.165) is 194 Å². The lowest BCUT2D eigenvalue weighted by atomic mass is 9.76. The number of benzene rings is 3. The van der Waals surface area contributed by atoms with Crippen LogP contribution in [0.1, 0.15) is 169 Å². The molecule has 1 fully saturated rings. The van der Waals surface area contributed by atoms with Crippen LogP contribution in [0.2, 0.25) is 0 Å². The van der Waals surface area contributed by atoms with Gasteiger partial charge in [0.25, 0.3) is 0 Å². The molecule has 3 aliphatic heterocycles. The van der Waals surface area contributed by atoms with Crippen LogP contribution >= 0.6 is 12.2 Å². The minimum atomic E-state index is -0.354. The number of nitrogens with one attached hydrogen (secondary N) is 7. The third-order valence-corrected chi connectivity index (χ3v) is 18.8. The van der Waals surface area contributed by atoms with E-state index in [9.17, 15) is 0 Å². The summed E-state index contributed by atoms with van der Waals surface area (Å²) in [6, 6.07) is 25.4. The number of para-hydroxylation sites is 1. The number of nitrogens with zero attached hydrogens (tertiary/aromatic N) is 8. The summed E-state index contributed by atoms with van der Waals surface area (Å²) in [5.41, 5.74) is 17.8. The minimum absolute atomic E-state index is 0.0170. The standard InChI is InChI=1S/C79H109N15S/c1-53(2)69(89-75(95)62-32-34-65(35-33-62)83-49-66-50-84-74-71(88-66)59(8)86-61(10)87-74)36-31-54(3)80-44-24-27-63-48-58(7)92(60(63)9)47-39-56(5)81-45-25-40-77(14,15)42-43-78(16,17)41-37-55(4)82-46-38-57(6)93-51-64-26-20-21-28-67(64)72-73(68-29-22-23-30-70(68)93)94(91-90-72)79(18,19)52-85-76(11,12)13/h20-23,25-26,28-30,32-35,40,50,63,69,80-83,85H,1,3-9,24,27,31,36-39,41-49,51-52H2,2,10-19H3,(H,89,95)(H,84,86,87)/b40-25+. The molecule has 2 unspecified atom stereocenters. The van der Waals surface area contributed by atoms with Crippen molar-refractivity contribution >= 4 is 45.9 Å². The van der Waals surface area contributed by atoms with Gasteiger partial charge in [-0.2, -0.15) is 0 Å². The summed E-state index contributed by atoms with van der Waals surface area (Å²) in [6.45, 7) is 64.8. The lowest BCUT2D eigenvalue weighted by Crippen LogP contribution is -2.46. The molecule has 16 heteroatoms. The lowest BCUT2D eigenvalue weighted by molar-refractivity contribution is 0.255. The number of rotatable bonds is 35. The zero-order chi connectivity index (χ0) is 68.8. The highest BCUT2D eigenvalue weighted by atomic mass is 32.1. The van der Waals surface area contributed by atoms with Gasteiger partial charge in [0.15, 0.2) is 5.82 Å². The van der Waals surface area contributed by atoms with Crippen LogP contribution in [0.25, 0.3) is 28.2 Å². The van der Waals surface area contributed by atoms with Crippen LogP contribution in [0.4, 0.5) is 17.2 Å². The number of allylic oxidation sites excluding steroid dienone is 5. The molecule has 1 saturated heterocycles. The Morgan fingerprint density at radius 2 is 1.48 bits per heavy atom. The number of aliphatic imine (C=N–C) groups is 1. The van der Waals surface area contributed by atoms with E-state index in [2.05, 4.69) is 231 Å². The van der Waals surface area contributed by atoms with Crippen molar-refractivity contribution in [2.45, 2.75) is 177 Å². The number of likely N-dealkylation sites (tertiary alicyclic amines) is 1. The average Bonchev–Trinajstić information content (AvgIpc) is 1.67. The summed E-state index contributed by atoms with van der Waals surface area (Å²) < 4.78 is 2.12. The summed E-state index contributed by atoms with van der Waals surface area (Å²) in [5, 5.41) is 34.4. The molecule has 5 heterocycles. The summed E-state index contributed by atoms with van der Waals surface area (Å²) in [7, 11) is 0. The number of anilines is 2. The van der Waals surface area contributed by atoms with Gasteiger partial charge in [-0.15, -0.1) is 5.10 Å². The van der Waals surface area contributed by atoms with Gasteiger partial charge >= 0.3 is 0 Å². The predicted molar refractivity (Wildman–Crippen MR) is 405 cm³/mol. The third kappa shape index (κ3) is 20.3. The molecule has 5 aromatic rings. The Balaban J connectivity index is 0.686. The largest absolute Gasteiger partial charge is 0.389 e. The molecule has 3 aromatic carbocycles. The number of fused-ring (bicyclic) bond motifs is 6. The van der Waals surface area contributed by atoms with Crippen molar-refractivity contribution in [1.82, 2.24) is 61.8 Å². The third-order valence-electron chi connectivity index (χ3n) is 18.5. The molecule has 2 atom stereocenters. The molecule has 2 aromatic heterocycles. The molecule has 0 radical (unpaired) electrons. The highest BCUT2D eigenvalue weighted by Crippen LogP contribution is 2.44. The highest BCUT2D eigenvalue weighted by Gasteiger charge is 2.34. The molecule has 0 spiro atoms. The van der Waals surface area contributed by atoms with Gasteiger partial charge in [-0.3, -0.25) is 0 Å². The Morgan fingerprint density at radius 1 is 0.789 bits per heavy atom. The van der Waals surface area contributed by atoms with E-state index in [4.69, 9.17) is 34.1 Å². The molecule has 7 N–H and O–H groups in total. The molecule has 506 valence electrons. The first-order chi connectivity index (χ1) is 45.0. The number of thiocarbonyl (C=S) groups is 1. The second-order valence-electron chi connectivity index (χ2n) is 29.5.